The minimum absolute atomic E-state index is 0.0617. The van der Waals surface area contributed by atoms with E-state index in [1.807, 2.05) is 13.8 Å². The van der Waals surface area contributed by atoms with Gasteiger partial charge in [-0.15, -0.1) is 0 Å². The molecule has 7 nitrogen and oxygen atoms in total. The van der Waals surface area contributed by atoms with Gasteiger partial charge in [-0.25, -0.2) is 0 Å². The average Bonchev–Trinajstić information content (AvgIpc) is 2.39. The molecule has 0 fully saturated rings. The van der Waals surface area contributed by atoms with Crippen LogP contribution < -0.4 is 22.1 Å². The monoisotopic (exact) mass is 270 g/mol. The first-order valence-corrected chi connectivity index (χ1v) is 6.43. The zero-order valence-electron chi connectivity index (χ0n) is 11.5. The number of carbonyl (C=O) groups is 1. The smallest absolute Gasteiger partial charge is 0.237 e. The lowest BCUT2D eigenvalue weighted by atomic mass is 9.99. The van der Waals surface area contributed by atoms with Gasteiger partial charge in [-0.05, 0) is 18.8 Å². The highest BCUT2D eigenvalue weighted by molar-refractivity contribution is 5.84. The van der Waals surface area contributed by atoms with Crippen molar-refractivity contribution in [2.45, 2.75) is 45.2 Å². The number of nitrogens with two attached hydrogens (primary N) is 2. The summed E-state index contributed by atoms with van der Waals surface area (Å²) in [6.07, 6.45) is 3.61. The number of carbonyl (C=O) groups excluding carboxylic acids is 2. The maximum Gasteiger partial charge on any atom is 0.237 e. The van der Waals surface area contributed by atoms with Crippen LogP contribution in [-0.4, -0.2) is 36.8 Å². The van der Waals surface area contributed by atoms with Crippen LogP contribution in [0.25, 0.3) is 0 Å². The summed E-state index contributed by atoms with van der Waals surface area (Å²) in [4.78, 5) is 22.5. The third-order valence-corrected chi connectivity index (χ3v) is 3.00. The Labute approximate surface area is 114 Å². The van der Waals surface area contributed by atoms with E-state index in [-0.39, 0.29) is 17.8 Å². The first kappa shape index (κ1) is 17.4. The van der Waals surface area contributed by atoms with E-state index in [9.17, 15) is 9.59 Å². The Hall–Kier alpha value is -1.63. The van der Waals surface area contributed by atoms with E-state index in [0.717, 1.165) is 6.42 Å². The van der Waals surface area contributed by atoms with Gasteiger partial charge in [-0.3, -0.25) is 15.0 Å². The highest BCUT2D eigenvalue weighted by Gasteiger charge is 2.22. The van der Waals surface area contributed by atoms with E-state index in [2.05, 4.69) is 10.6 Å². The molecule has 0 saturated carbocycles. The van der Waals surface area contributed by atoms with Crippen molar-refractivity contribution >= 4 is 18.2 Å². The molecule has 0 spiro atoms. The van der Waals surface area contributed by atoms with Gasteiger partial charge in [0.25, 0.3) is 0 Å². The Bertz CT molecular complexity index is 308. The van der Waals surface area contributed by atoms with Crippen LogP contribution in [0, 0.1) is 11.3 Å². The molecule has 0 aromatic carbocycles. The molecule has 1 radical (unpaired) electrons. The van der Waals surface area contributed by atoms with Crippen molar-refractivity contribution in [3.63, 3.8) is 0 Å². The summed E-state index contributed by atoms with van der Waals surface area (Å²) in [5.74, 6) is -0.386. The summed E-state index contributed by atoms with van der Waals surface area (Å²) in [5.41, 5.74) is 10.9. The van der Waals surface area contributed by atoms with Crippen LogP contribution in [0.2, 0.25) is 0 Å². The molecule has 0 aliphatic heterocycles. The number of hydrogen-bond acceptors (Lipinski definition) is 4. The van der Waals surface area contributed by atoms with Crippen molar-refractivity contribution in [1.82, 2.24) is 10.6 Å². The molecule has 7 heteroatoms. The summed E-state index contributed by atoms with van der Waals surface area (Å²) in [6, 6.07) is -1.28. The fourth-order valence-corrected chi connectivity index (χ4v) is 1.47. The van der Waals surface area contributed by atoms with Gasteiger partial charge in [0.15, 0.2) is 5.96 Å². The SMILES string of the molecule is CC[C@H](C)[C@H](N)C(=O)N[C@H]([C]=O)CCCNC(=N)N. The van der Waals surface area contributed by atoms with Crippen molar-refractivity contribution in [3.05, 3.63) is 0 Å². The minimum Gasteiger partial charge on any atom is -0.370 e. The number of nitrogens with one attached hydrogen (secondary N) is 3. The minimum atomic E-state index is -0.670. The largest absolute Gasteiger partial charge is 0.370 e. The van der Waals surface area contributed by atoms with Crippen LogP contribution in [0.15, 0.2) is 0 Å². The Morgan fingerprint density at radius 2 is 2.11 bits per heavy atom. The van der Waals surface area contributed by atoms with Gasteiger partial charge in [0.05, 0.1) is 12.1 Å². The Kier molecular flexibility index (Phi) is 8.52. The molecular weight excluding hydrogens is 246 g/mol. The highest BCUT2D eigenvalue weighted by Crippen LogP contribution is 2.05. The van der Waals surface area contributed by atoms with Crippen molar-refractivity contribution in [1.29, 1.82) is 5.41 Å². The fourth-order valence-electron chi connectivity index (χ4n) is 1.47. The molecule has 3 atom stereocenters. The Morgan fingerprint density at radius 3 is 2.58 bits per heavy atom. The van der Waals surface area contributed by atoms with Crippen LogP contribution in [0.5, 0.6) is 0 Å². The van der Waals surface area contributed by atoms with Crippen molar-refractivity contribution < 1.29 is 9.59 Å². The van der Waals surface area contributed by atoms with Crippen molar-refractivity contribution in [2.24, 2.45) is 17.4 Å². The van der Waals surface area contributed by atoms with Gasteiger partial charge < -0.3 is 22.1 Å². The second kappa shape index (κ2) is 9.32. The molecule has 1 amide bonds. The lowest BCUT2D eigenvalue weighted by Crippen LogP contribution is -2.48. The predicted octanol–water partition coefficient (Wildman–Crippen LogP) is -0.782. The number of hydrogen-bond donors (Lipinski definition) is 5. The Balaban J connectivity index is 4.07. The summed E-state index contributed by atoms with van der Waals surface area (Å²) in [7, 11) is 0. The van der Waals surface area contributed by atoms with E-state index in [1.165, 1.54) is 0 Å². The maximum absolute atomic E-state index is 11.8. The van der Waals surface area contributed by atoms with Gasteiger partial charge in [0.1, 0.15) is 0 Å². The van der Waals surface area contributed by atoms with Gasteiger partial charge in [0.2, 0.25) is 12.2 Å². The molecule has 0 aromatic rings. The molecule has 0 saturated heterocycles. The molecule has 0 aliphatic carbocycles. The van der Waals surface area contributed by atoms with Gasteiger partial charge in [0, 0.05) is 6.54 Å². The molecule has 0 heterocycles. The Morgan fingerprint density at radius 1 is 1.47 bits per heavy atom. The zero-order chi connectivity index (χ0) is 14.8. The first-order chi connectivity index (χ1) is 8.92. The topological polar surface area (TPSA) is 134 Å². The quantitative estimate of drug-likeness (QED) is 0.213. The van der Waals surface area contributed by atoms with Gasteiger partial charge >= 0.3 is 0 Å². The fraction of sp³-hybridized carbons (Fsp3) is 0.750. The molecule has 109 valence electrons. The third-order valence-electron chi connectivity index (χ3n) is 3.00. The molecule has 19 heavy (non-hydrogen) atoms. The molecule has 7 N–H and O–H groups in total. The normalized spacial score (nSPS) is 15.1. The van der Waals surface area contributed by atoms with Crippen LogP contribution in [-0.2, 0) is 9.59 Å². The van der Waals surface area contributed by atoms with Crippen molar-refractivity contribution in [2.75, 3.05) is 6.54 Å². The first-order valence-electron chi connectivity index (χ1n) is 6.43. The van der Waals surface area contributed by atoms with E-state index in [0.29, 0.717) is 19.4 Å². The summed E-state index contributed by atoms with van der Waals surface area (Å²) >= 11 is 0. The molecule has 0 rings (SSSR count). The van der Waals surface area contributed by atoms with E-state index in [1.54, 1.807) is 6.29 Å². The zero-order valence-corrected chi connectivity index (χ0v) is 11.5. The second-order valence-corrected chi connectivity index (χ2v) is 4.57. The molecule has 0 aromatic heterocycles. The van der Waals surface area contributed by atoms with E-state index >= 15 is 0 Å². The second-order valence-electron chi connectivity index (χ2n) is 4.57. The lowest BCUT2D eigenvalue weighted by molar-refractivity contribution is -0.123. The van der Waals surface area contributed by atoms with Gasteiger partial charge in [-0.1, -0.05) is 20.3 Å². The maximum atomic E-state index is 11.8. The molecule has 0 aliphatic rings. The van der Waals surface area contributed by atoms with Crippen LogP contribution >= 0.6 is 0 Å². The third kappa shape index (κ3) is 7.40. The predicted molar refractivity (Wildman–Crippen MR) is 74.2 cm³/mol. The van der Waals surface area contributed by atoms with Gasteiger partial charge in [-0.2, -0.15) is 0 Å². The van der Waals surface area contributed by atoms with E-state index < -0.39 is 12.1 Å². The number of amides is 1. The molecule has 0 unspecified atom stereocenters. The van der Waals surface area contributed by atoms with Crippen molar-refractivity contribution in [3.8, 4) is 0 Å². The number of guanidine groups is 1. The summed E-state index contributed by atoms with van der Waals surface area (Å²) in [6.45, 7) is 4.32. The highest BCUT2D eigenvalue weighted by atomic mass is 16.2. The van der Waals surface area contributed by atoms with Crippen LogP contribution in [0.3, 0.4) is 0 Å². The van der Waals surface area contributed by atoms with Crippen LogP contribution in [0.1, 0.15) is 33.1 Å². The van der Waals surface area contributed by atoms with E-state index in [4.69, 9.17) is 16.9 Å². The number of rotatable bonds is 9. The lowest BCUT2D eigenvalue weighted by Gasteiger charge is -2.20. The average molecular weight is 270 g/mol. The summed E-state index contributed by atoms with van der Waals surface area (Å²) in [5, 5.41) is 12.2. The van der Waals surface area contributed by atoms with Crippen LogP contribution in [0.4, 0.5) is 0 Å². The molecular formula is C12H24N5O2. The molecule has 0 bridgehead atoms. The standard InChI is InChI=1S/C12H24N5O2/c1-3-8(2)10(13)11(19)17-9(7-18)5-4-6-16-12(14)15/h8-10H,3-6,13H2,1-2H3,(H,17,19)(H4,14,15,16)/t8-,9-,10-/m0/s1. The summed E-state index contributed by atoms with van der Waals surface area (Å²) < 4.78 is 0.